The van der Waals surface area contributed by atoms with Crippen LogP contribution in [0.3, 0.4) is 0 Å². The van der Waals surface area contributed by atoms with E-state index in [4.69, 9.17) is 16.3 Å². The molecule has 2 rings (SSSR count). The van der Waals surface area contributed by atoms with Crippen LogP contribution in [0.2, 0.25) is 0 Å². The zero-order valence-electron chi connectivity index (χ0n) is 9.46. The van der Waals surface area contributed by atoms with Crippen molar-refractivity contribution in [1.29, 1.82) is 0 Å². The molecule has 0 aromatic rings. The van der Waals surface area contributed by atoms with Crippen molar-refractivity contribution in [3.8, 4) is 0 Å². The van der Waals surface area contributed by atoms with Gasteiger partial charge in [0.2, 0.25) is 0 Å². The van der Waals surface area contributed by atoms with Crippen molar-refractivity contribution >= 4 is 11.6 Å². The van der Waals surface area contributed by atoms with Crippen LogP contribution < -0.4 is 0 Å². The van der Waals surface area contributed by atoms with Crippen LogP contribution in [0.4, 0.5) is 0 Å². The molecule has 3 heteroatoms. The Balaban J connectivity index is 1.78. The standard InChI is InChI=1S/C12H22ClNO/c13-8-11-4-1-2-6-14(9-11)10-12-5-3-7-15-12/h11-12H,1-10H2. The summed E-state index contributed by atoms with van der Waals surface area (Å²) in [4.78, 5) is 2.57. The minimum atomic E-state index is 0.499. The van der Waals surface area contributed by atoms with E-state index in [1.165, 1.54) is 45.2 Å². The highest BCUT2D eigenvalue weighted by Crippen LogP contribution is 2.20. The van der Waals surface area contributed by atoms with Gasteiger partial charge in [0.05, 0.1) is 6.10 Å². The molecule has 2 fully saturated rings. The first-order chi connectivity index (χ1) is 7.38. The minimum absolute atomic E-state index is 0.499. The molecule has 15 heavy (non-hydrogen) atoms. The molecule has 0 aromatic carbocycles. The van der Waals surface area contributed by atoms with Gasteiger partial charge in [-0.1, -0.05) is 6.42 Å². The van der Waals surface area contributed by atoms with Crippen LogP contribution >= 0.6 is 11.6 Å². The summed E-state index contributed by atoms with van der Waals surface area (Å²) in [5.74, 6) is 1.53. The van der Waals surface area contributed by atoms with Gasteiger partial charge in [-0.05, 0) is 38.1 Å². The van der Waals surface area contributed by atoms with Crippen LogP contribution in [0, 0.1) is 5.92 Å². The molecule has 2 atom stereocenters. The highest BCUT2D eigenvalue weighted by Gasteiger charge is 2.22. The molecule has 0 aromatic heterocycles. The molecular formula is C12H22ClNO. The Kier molecular flexibility index (Phi) is 4.73. The summed E-state index contributed by atoms with van der Waals surface area (Å²) in [6.45, 7) is 4.53. The van der Waals surface area contributed by atoms with Gasteiger partial charge in [0, 0.05) is 25.6 Å². The van der Waals surface area contributed by atoms with Gasteiger partial charge >= 0.3 is 0 Å². The molecule has 0 saturated carbocycles. The molecule has 0 spiro atoms. The van der Waals surface area contributed by atoms with Crippen LogP contribution in [0.25, 0.3) is 0 Å². The van der Waals surface area contributed by atoms with E-state index in [9.17, 15) is 0 Å². The van der Waals surface area contributed by atoms with E-state index in [-0.39, 0.29) is 0 Å². The molecule has 88 valence electrons. The monoisotopic (exact) mass is 231 g/mol. The first-order valence-electron chi connectivity index (χ1n) is 6.28. The topological polar surface area (TPSA) is 12.5 Å². The first kappa shape index (κ1) is 11.7. The van der Waals surface area contributed by atoms with E-state index in [2.05, 4.69) is 4.90 Å². The molecular weight excluding hydrogens is 210 g/mol. The van der Waals surface area contributed by atoms with Crippen molar-refractivity contribution in [1.82, 2.24) is 4.90 Å². The third-order valence-corrected chi connectivity index (χ3v) is 3.99. The largest absolute Gasteiger partial charge is 0.377 e. The third kappa shape index (κ3) is 3.61. The zero-order chi connectivity index (χ0) is 10.5. The molecule has 2 saturated heterocycles. The Bertz CT molecular complexity index is 182. The summed E-state index contributed by atoms with van der Waals surface area (Å²) in [6.07, 6.45) is 6.99. The third-order valence-electron chi connectivity index (χ3n) is 3.56. The van der Waals surface area contributed by atoms with Gasteiger partial charge < -0.3 is 9.64 Å². The Morgan fingerprint density at radius 1 is 1.20 bits per heavy atom. The fourth-order valence-corrected chi connectivity index (χ4v) is 2.94. The molecule has 2 nitrogen and oxygen atoms in total. The fourth-order valence-electron chi connectivity index (χ4n) is 2.68. The highest BCUT2D eigenvalue weighted by molar-refractivity contribution is 6.18. The van der Waals surface area contributed by atoms with Crippen LogP contribution in [0.5, 0.6) is 0 Å². The molecule has 2 aliphatic rings. The second-order valence-corrected chi connectivity index (χ2v) is 5.22. The average Bonchev–Trinajstić information content (AvgIpc) is 2.64. The lowest BCUT2D eigenvalue weighted by Crippen LogP contribution is -2.35. The van der Waals surface area contributed by atoms with Gasteiger partial charge in [0.25, 0.3) is 0 Å². The summed E-state index contributed by atoms with van der Waals surface area (Å²) >= 11 is 5.98. The van der Waals surface area contributed by atoms with Crippen molar-refractivity contribution in [2.75, 3.05) is 32.1 Å². The average molecular weight is 232 g/mol. The maximum absolute atomic E-state index is 5.98. The van der Waals surface area contributed by atoms with Crippen molar-refractivity contribution in [3.05, 3.63) is 0 Å². The molecule has 0 aliphatic carbocycles. The predicted octanol–water partition coefficient (Wildman–Crippen LogP) is 2.51. The lowest BCUT2D eigenvalue weighted by atomic mass is 10.1. The normalized spacial score (nSPS) is 34.2. The van der Waals surface area contributed by atoms with Crippen molar-refractivity contribution in [3.63, 3.8) is 0 Å². The van der Waals surface area contributed by atoms with Gasteiger partial charge in [-0.2, -0.15) is 0 Å². The quantitative estimate of drug-likeness (QED) is 0.693. The van der Waals surface area contributed by atoms with E-state index in [1.54, 1.807) is 0 Å². The number of hydrogen-bond acceptors (Lipinski definition) is 2. The summed E-state index contributed by atoms with van der Waals surface area (Å²) in [5.41, 5.74) is 0. The molecule has 0 radical (unpaired) electrons. The van der Waals surface area contributed by atoms with Crippen molar-refractivity contribution < 1.29 is 4.74 Å². The number of rotatable bonds is 3. The number of ether oxygens (including phenoxy) is 1. The predicted molar refractivity (Wildman–Crippen MR) is 63.5 cm³/mol. The van der Waals surface area contributed by atoms with E-state index >= 15 is 0 Å². The maximum atomic E-state index is 5.98. The Morgan fingerprint density at radius 2 is 2.13 bits per heavy atom. The van der Waals surface area contributed by atoms with E-state index in [0.717, 1.165) is 19.0 Å². The van der Waals surface area contributed by atoms with Crippen molar-refractivity contribution in [2.24, 2.45) is 5.92 Å². The summed E-state index contributed by atoms with van der Waals surface area (Å²) in [7, 11) is 0. The van der Waals surface area contributed by atoms with Gasteiger partial charge in [0.1, 0.15) is 0 Å². The van der Waals surface area contributed by atoms with Crippen molar-refractivity contribution in [2.45, 2.75) is 38.2 Å². The van der Waals surface area contributed by atoms with Crippen LogP contribution in [-0.4, -0.2) is 43.1 Å². The molecule has 0 bridgehead atoms. The lowest BCUT2D eigenvalue weighted by Gasteiger charge is -2.25. The molecule has 0 amide bonds. The smallest absolute Gasteiger partial charge is 0.0702 e. The van der Waals surface area contributed by atoms with Crippen LogP contribution in [0.15, 0.2) is 0 Å². The molecule has 2 aliphatic heterocycles. The van der Waals surface area contributed by atoms with Crippen LogP contribution in [-0.2, 0) is 4.74 Å². The first-order valence-corrected chi connectivity index (χ1v) is 6.82. The van der Waals surface area contributed by atoms with E-state index < -0.39 is 0 Å². The SMILES string of the molecule is ClCC1CCCCN(CC2CCCO2)C1. The Morgan fingerprint density at radius 3 is 2.87 bits per heavy atom. The van der Waals surface area contributed by atoms with Gasteiger partial charge in [-0.3, -0.25) is 0 Å². The second-order valence-electron chi connectivity index (χ2n) is 4.91. The van der Waals surface area contributed by atoms with E-state index in [0.29, 0.717) is 12.0 Å². The number of nitrogens with zero attached hydrogens (tertiary/aromatic N) is 1. The van der Waals surface area contributed by atoms with E-state index in [1.807, 2.05) is 0 Å². The molecule has 2 heterocycles. The van der Waals surface area contributed by atoms with Crippen LogP contribution in [0.1, 0.15) is 32.1 Å². The zero-order valence-corrected chi connectivity index (χ0v) is 10.2. The Labute approximate surface area is 97.9 Å². The van der Waals surface area contributed by atoms with Gasteiger partial charge in [-0.15, -0.1) is 11.6 Å². The maximum Gasteiger partial charge on any atom is 0.0702 e. The number of halogens is 1. The number of likely N-dealkylation sites (tertiary alicyclic amines) is 1. The summed E-state index contributed by atoms with van der Waals surface area (Å²) < 4.78 is 5.69. The summed E-state index contributed by atoms with van der Waals surface area (Å²) in [6, 6.07) is 0. The molecule has 2 unspecified atom stereocenters. The molecule has 0 N–H and O–H groups in total. The Hall–Kier alpha value is 0.210. The van der Waals surface area contributed by atoms with Gasteiger partial charge in [-0.25, -0.2) is 0 Å². The number of alkyl halides is 1. The fraction of sp³-hybridized carbons (Fsp3) is 1.00. The summed E-state index contributed by atoms with van der Waals surface area (Å²) in [5, 5.41) is 0. The number of hydrogen-bond donors (Lipinski definition) is 0. The van der Waals surface area contributed by atoms with Gasteiger partial charge in [0.15, 0.2) is 0 Å². The lowest BCUT2D eigenvalue weighted by molar-refractivity contribution is 0.0711. The highest BCUT2D eigenvalue weighted by atomic mass is 35.5. The second kappa shape index (κ2) is 6.07. The minimum Gasteiger partial charge on any atom is -0.377 e.